The number of hydrogen-bond donors (Lipinski definition) is 2. The maximum atomic E-state index is 10.4. The molecule has 0 heterocycles. The van der Waals surface area contributed by atoms with Gasteiger partial charge in [0.15, 0.2) is 0 Å². The molecule has 0 aliphatic carbocycles. The number of nitrogens with zero attached hydrogens (tertiary/aromatic N) is 1. The zero-order valence-electron chi connectivity index (χ0n) is 5.22. The fourth-order valence-electron chi connectivity index (χ4n) is 0.347. The Bertz CT molecular complexity index is 138. The lowest BCUT2D eigenvalue weighted by atomic mass is 10.2. The first-order valence-corrected chi connectivity index (χ1v) is 2.56. The lowest BCUT2D eigenvalue weighted by Gasteiger charge is -1.98. The minimum Gasteiger partial charge on any atom is -0.359 e. The Morgan fingerprint density at radius 3 is 2.89 bits per heavy atom. The molecule has 0 saturated heterocycles. The highest BCUT2D eigenvalue weighted by Crippen LogP contribution is 1.83. The summed E-state index contributed by atoms with van der Waals surface area (Å²) in [6, 6.07) is 1.07. The van der Waals surface area contributed by atoms with E-state index in [0.717, 1.165) is 0 Å². The van der Waals surface area contributed by atoms with Crippen LogP contribution < -0.4 is 11.1 Å². The standard InChI is InChI=1S/C5H9N3O/c1-8-5(9)2-4(7)3-6/h4H,2,7H2,1H3,(H,8,9). The van der Waals surface area contributed by atoms with Gasteiger partial charge in [-0.25, -0.2) is 0 Å². The number of carbonyl (C=O) groups excluding carboxylic acids is 1. The van der Waals surface area contributed by atoms with Crippen molar-refractivity contribution >= 4 is 5.91 Å². The minimum atomic E-state index is -0.676. The van der Waals surface area contributed by atoms with Crippen LogP contribution in [-0.2, 0) is 4.79 Å². The Morgan fingerprint density at radius 1 is 2.00 bits per heavy atom. The number of rotatable bonds is 2. The van der Waals surface area contributed by atoms with Crippen molar-refractivity contribution in [1.29, 1.82) is 5.26 Å². The van der Waals surface area contributed by atoms with E-state index >= 15 is 0 Å². The average molecular weight is 127 g/mol. The molecule has 0 fully saturated rings. The van der Waals surface area contributed by atoms with Crippen LogP contribution in [0.3, 0.4) is 0 Å². The second-order valence-electron chi connectivity index (χ2n) is 1.61. The first-order chi connectivity index (χ1) is 4.20. The first kappa shape index (κ1) is 7.92. The Balaban J connectivity index is 3.50. The lowest BCUT2D eigenvalue weighted by Crippen LogP contribution is -2.28. The molecule has 3 N–H and O–H groups in total. The van der Waals surface area contributed by atoms with E-state index in [-0.39, 0.29) is 12.3 Å². The molecule has 0 spiro atoms. The SMILES string of the molecule is CNC(=O)CC(N)C#N. The van der Waals surface area contributed by atoms with E-state index in [1.54, 1.807) is 6.07 Å². The summed E-state index contributed by atoms with van der Waals surface area (Å²) in [6.45, 7) is 0. The van der Waals surface area contributed by atoms with E-state index in [4.69, 9.17) is 11.0 Å². The Labute approximate surface area is 53.6 Å². The monoisotopic (exact) mass is 127 g/mol. The van der Waals surface area contributed by atoms with Crippen LogP contribution in [-0.4, -0.2) is 19.0 Å². The van der Waals surface area contributed by atoms with Crippen molar-refractivity contribution in [2.45, 2.75) is 12.5 Å². The predicted octanol–water partition coefficient (Wildman–Crippen LogP) is -1.03. The van der Waals surface area contributed by atoms with Crippen molar-refractivity contribution in [2.24, 2.45) is 5.73 Å². The van der Waals surface area contributed by atoms with Gasteiger partial charge in [-0.1, -0.05) is 0 Å². The molecular weight excluding hydrogens is 118 g/mol. The van der Waals surface area contributed by atoms with Gasteiger partial charge >= 0.3 is 0 Å². The third-order valence-electron chi connectivity index (χ3n) is 0.850. The number of nitriles is 1. The van der Waals surface area contributed by atoms with Crippen LogP contribution in [0.15, 0.2) is 0 Å². The third-order valence-corrected chi connectivity index (χ3v) is 0.850. The molecule has 0 saturated carbocycles. The molecule has 0 bridgehead atoms. The fraction of sp³-hybridized carbons (Fsp3) is 0.600. The Morgan fingerprint density at radius 2 is 2.56 bits per heavy atom. The van der Waals surface area contributed by atoms with Gasteiger partial charge in [0.25, 0.3) is 0 Å². The van der Waals surface area contributed by atoms with Gasteiger partial charge in [-0.2, -0.15) is 5.26 Å². The van der Waals surface area contributed by atoms with Gasteiger partial charge in [-0.15, -0.1) is 0 Å². The second-order valence-corrected chi connectivity index (χ2v) is 1.61. The number of hydrogen-bond acceptors (Lipinski definition) is 3. The molecule has 0 aliphatic heterocycles. The highest BCUT2D eigenvalue weighted by molar-refractivity contribution is 5.76. The summed E-state index contributed by atoms with van der Waals surface area (Å²) in [5, 5.41) is 10.5. The third kappa shape index (κ3) is 3.50. The fourth-order valence-corrected chi connectivity index (χ4v) is 0.347. The highest BCUT2D eigenvalue weighted by Gasteiger charge is 2.04. The van der Waals surface area contributed by atoms with Crippen LogP contribution in [0.1, 0.15) is 6.42 Å². The number of carbonyl (C=O) groups is 1. The summed E-state index contributed by atoms with van der Waals surface area (Å²) in [5.41, 5.74) is 5.13. The highest BCUT2D eigenvalue weighted by atomic mass is 16.1. The largest absolute Gasteiger partial charge is 0.359 e. The Hall–Kier alpha value is -1.08. The van der Waals surface area contributed by atoms with E-state index < -0.39 is 6.04 Å². The van der Waals surface area contributed by atoms with E-state index in [2.05, 4.69) is 5.32 Å². The average Bonchev–Trinajstić information content (AvgIpc) is 1.87. The normalized spacial score (nSPS) is 11.7. The van der Waals surface area contributed by atoms with E-state index in [1.165, 1.54) is 7.05 Å². The van der Waals surface area contributed by atoms with Gasteiger partial charge in [-0.3, -0.25) is 4.79 Å². The maximum absolute atomic E-state index is 10.4. The van der Waals surface area contributed by atoms with Crippen molar-refractivity contribution in [1.82, 2.24) is 5.32 Å². The minimum absolute atomic E-state index is 0.0764. The van der Waals surface area contributed by atoms with Gasteiger partial charge in [0.05, 0.1) is 12.5 Å². The van der Waals surface area contributed by atoms with E-state index in [1.807, 2.05) is 0 Å². The van der Waals surface area contributed by atoms with Gasteiger partial charge < -0.3 is 11.1 Å². The van der Waals surface area contributed by atoms with Crippen molar-refractivity contribution in [3.8, 4) is 6.07 Å². The molecule has 0 aromatic heterocycles. The quantitative estimate of drug-likeness (QED) is 0.498. The molecule has 0 aliphatic rings. The summed E-state index contributed by atoms with van der Waals surface area (Å²) in [5.74, 6) is -0.205. The van der Waals surface area contributed by atoms with E-state index in [9.17, 15) is 4.79 Å². The smallest absolute Gasteiger partial charge is 0.222 e. The maximum Gasteiger partial charge on any atom is 0.222 e. The summed E-state index contributed by atoms with van der Waals surface area (Å²) >= 11 is 0. The first-order valence-electron chi connectivity index (χ1n) is 2.56. The predicted molar refractivity (Wildman–Crippen MR) is 32.3 cm³/mol. The molecule has 1 amide bonds. The molecule has 9 heavy (non-hydrogen) atoms. The van der Waals surface area contributed by atoms with Crippen molar-refractivity contribution in [3.05, 3.63) is 0 Å². The molecule has 0 radical (unpaired) electrons. The van der Waals surface area contributed by atoms with Crippen molar-refractivity contribution < 1.29 is 4.79 Å². The summed E-state index contributed by atoms with van der Waals surface area (Å²) < 4.78 is 0. The van der Waals surface area contributed by atoms with Gasteiger partial charge in [0.2, 0.25) is 5.91 Å². The number of nitrogens with two attached hydrogens (primary N) is 1. The van der Waals surface area contributed by atoms with Gasteiger partial charge in [0, 0.05) is 7.05 Å². The zero-order chi connectivity index (χ0) is 7.28. The molecule has 4 nitrogen and oxygen atoms in total. The topological polar surface area (TPSA) is 78.9 Å². The van der Waals surface area contributed by atoms with Crippen LogP contribution >= 0.6 is 0 Å². The number of nitrogens with one attached hydrogen (secondary N) is 1. The summed E-state index contributed by atoms with van der Waals surface area (Å²) in [7, 11) is 1.51. The number of amides is 1. The Kier molecular flexibility index (Phi) is 3.40. The summed E-state index contributed by atoms with van der Waals surface area (Å²) in [4.78, 5) is 10.4. The van der Waals surface area contributed by atoms with Crippen LogP contribution in [0.2, 0.25) is 0 Å². The van der Waals surface area contributed by atoms with Crippen LogP contribution in [0.25, 0.3) is 0 Å². The van der Waals surface area contributed by atoms with Gasteiger partial charge in [0.1, 0.15) is 6.04 Å². The molecule has 1 atom stereocenters. The molecule has 0 aromatic carbocycles. The molecule has 0 aromatic rings. The molecular formula is C5H9N3O. The molecule has 1 unspecified atom stereocenters. The molecule has 50 valence electrons. The zero-order valence-corrected chi connectivity index (χ0v) is 5.22. The van der Waals surface area contributed by atoms with Gasteiger partial charge in [-0.05, 0) is 0 Å². The lowest BCUT2D eigenvalue weighted by molar-refractivity contribution is -0.120. The molecule has 0 rings (SSSR count). The second kappa shape index (κ2) is 3.87. The summed E-state index contributed by atoms with van der Waals surface area (Å²) in [6.07, 6.45) is 0.0764. The van der Waals surface area contributed by atoms with Crippen LogP contribution in [0, 0.1) is 11.3 Å². The van der Waals surface area contributed by atoms with Crippen molar-refractivity contribution in [2.75, 3.05) is 7.05 Å². The van der Waals surface area contributed by atoms with E-state index in [0.29, 0.717) is 0 Å². The molecule has 4 heteroatoms. The van der Waals surface area contributed by atoms with Crippen LogP contribution in [0.5, 0.6) is 0 Å². The van der Waals surface area contributed by atoms with Crippen molar-refractivity contribution in [3.63, 3.8) is 0 Å². The van der Waals surface area contributed by atoms with Crippen LogP contribution in [0.4, 0.5) is 0 Å².